The van der Waals surface area contributed by atoms with Gasteiger partial charge in [-0.2, -0.15) is 0 Å². The first-order valence-corrected chi connectivity index (χ1v) is 5.88. The van der Waals surface area contributed by atoms with Crippen LogP contribution in [0.25, 0.3) is 10.4 Å². The van der Waals surface area contributed by atoms with Crippen molar-refractivity contribution in [1.82, 2.24) is 0 Å². The first-order valence-electron chi connectivity index (χ1n) is 5.06. The third-order valence-corrected chi connectivity index (χ3v) is 3.66. The van der Waals surface area contributed by atoms with Crippen molar-refractivity contribution in [3.8, 4) is 10.4 Å². The Morgan fingerprint density at radius 1 is 1.35 bits per heavy atom. The highest BCUT2D eigenvalue weighted by Gasteiger charge is 2.13. The van der Waals surface area contributed by atoms with Crippen LogP contribution in [0, 0.1) is 12.7 Å². The normalized spacial score (nSPS) is 10.3. The van der Waals surface area contributed by atoms with E-state index in [0.717, 1.165) is 16.0 Å². The third-order valence-electron chi connectivity index (χ3n) is 2.39. The van der Waals surface area contributed by atoms with Crippen molar-refractivity contribution >= 4 is 17.3 Å². The van der Waals surface area contributed by atoms with Crippen LogP contribution in [0.5, 0.6) is 0 Å². The van der Waals surface area contributed by atoms with Crippen LogP contribution >= 0.6 is 11.3 Å². The summed E-state index contributed by atoms with van der Waals surface area (Å²) in [5.41, 5.74) is 1.73. The van der Waals surface area contributed by atoms with Gasteiger partial charge in [-0.05, 0) is 36.2 Å². The predicted octanol–water partition coefficient (Wildman–Crippen LogP) is 3.65. The summed E-state index contributed by atoms with van der Waals surface area (Å²) in [6, 6.07) is 8.09. The minimum Gasteiger partial charge on any atom is -0.465 e. The maximum Gasteiger partial charge on any atom is 0.348 e. The van der Waals surface area contributed by atoms with Gasteiger partial charge in [-0.15, -0.1) is 11.3 Å². The Balaban J connectivity index is 2.46. The van der Waals surface area contributed by atoms with Crippen LogP contribution in [0.3, 0.4) is 0 Å². The van der Waals surface area contributed by atoms with Gasteiger partial charge in [-0.1, -0.05) is 12.1 Å². The molecular formula is C13H11FO2S. The van der Waals surface area contributed by atoms with Gasteiger partial charge in [0, 0.05) is 4.88 Å². The molecule has 0 N–H and O–H groups in total. The average molecular weight is 250 g/mol. The van der Waals surface area contributed by atoms with E-state index in [1.54, 1.807) is 12.1 Å². The quantitative estimate of drug-likeness (QED) is 0.760. The molecule has 0 spiro atoms. The molecule has 0 atom stereocenters. The molecular weight excluding hydrogens is 239 g/mol. The standard InChI is InChI=1S/C13H11FO2S/c1-8-6-11(13(15)16-2)17-12(8)9-4-3-5-10(14)7-9/h3-7H,1-2H3. The summed E-state index contributed by atoms with van der Waals surface area (Å²) in [5, 5.41) is 0. The summed E-state index contributed by atoms with van der Waals surface area (Å²) >= 11 is 1.31. The number of methoxy groups -OCH3 is 1. The maximum absolute atomic E-state index is 13.1. The van der Waals surface area contributed by atoms with Gasteiger partial charge >= 0.3 is 5.97 Å². The molecule has 2 rings (SSSR count). The lowest BCUT2D eigenvalue weighted by atomic mass is 10.1. The second-order valence-corrected chi connectivity index (χ2v) is 4.68. The molecule has 1 heterocycles. The van der Waals surface area contributed by atoms with Gasteiger partial charge in [0.2, 0.25) is 0 Å². The molecule has 0 amide bonds. The van der Waals surface area contributed by atoms with E-state index in [1.165, 1.54) is 30.6 Å². The van der Waals surface area contributed by atoms with E-state index in [2.05, 4.69) is 4.74 Å². The monoisotopic (exact) mass is 250 g/mol. The van der Waals surface area contributed by atoms with Crippen LogP contribution in [-0.4, -0.2) is 13.1 Å². The highest BCUT2D eigenvalue weighted by Crippen LogP contribution is 2.32. The summed E-state index contributed by atoms with van der Waals surface area (Å²) in [6.45, 7) is 1.89. The number of aryl methyl sites for hydroxylation is 1. The molecule has 0 radical (unpaired) electrons. The highest BCUT2D eigenvalue weighted by molar-refractivity contribution is 7.17. The summed E-state index contributed by atoms with van der Waals surface area (Å²) in [7, 11) is 1.35. The lowest BCUT2D eigenvalue weighted by molar-refractivity contribution is 0.0606. The van der Waals surface area contributed by atoms with Gasteiger partial charge in [0.25, 0.3) is 0 Å². The SMILES string of the molecule is COC(=O)c1cc(C)c(-c2cccc(F)c2)s1. The zero-order chi connectivity index (χ0) is 12.4. The molecule has 0 unspecified atom stereocenters. The number of thiophene rings is 1. The van der Waals surface area contributed by atoms with E-state index < -0.39 is 0 Å². The molecule has 0 fully saturated rings. The Morgan fingerprint density at radius 2 is 2.12 bits per heavy atom. The molecule has 2 nitrogen and oxygen atoms in total. The molecule has 4 heteroatoms. The lowest BCUT2D eigenvalue weighted by Crippen LogP contribution is -1.96. The van der Waals surface area contributed by atoms with E-state index in [9.17, 15) is 9.18 Å². The number of halogens is 1. The van der Waals surface area contributed by atoms with Gasteiger partial charge in [-0.3, -0.25) is 0 Å². The van der Waals surface area contributed by atoms with E-state index in [1.807, 2.05) is 13.0 Å². The van der Waals surface area contributed by atoms with Gasteiger partial charge in [-0.25, -0.2) is 9.18 Å². The molecule has 0 aliphatic carbocycles. The highest BCUT2D eigenvalue weighted by atomic mass is 32.1. The van der Waals surface area contributed by atoms with Crippen LogP contribution in [0.2, 0.25) is 0 Å². The van der Waals surface area contributed by atoms with Gasteiger partial charge in [0.1, 0.15) is 10.7 Å². The molecule has 2 aromatic rings. The number of ether oxygens (including phenoxy) is 1. The maximum atomic E-state index is 13.1. The van der Waals surface area contributed by atoms with E-state index in [0.29, 0.717) is 4.88 Å². The lowest BCUT2D eigenvalue weighted by Gasteiger charge is -1.99. The van der Waals surface area contributed by atoms with Crippen molar-refractivity contribution in [3.05, 3.63) is 46.6 Å². The number of carbonyl (C=O) groups excluding carboxylic acids is 1. The Morgan fingerprint density at radius 3 is 2.76 bits per heavy atom. The minimum atomic E-state index is -0.360. The van der Waals surface area contributed by atoms with E-state index >= 15 is 0 Å². The van der Waals surface area contributed by atoms with Crippen molar-refractivity contribution in [1.29, 1.82) is 0 Å². The number of rotatable bonds is 2. The van der Waals surface area contributed by atoms with Crippen molar-refractivity contribution in [2.75, 3.05) is 7.11 Å². The molecule has 88 valence electrons. The predicted molar refractivity (Wildman–Crippen MR) is 65.8 cm³/mol. The molecule has 0 aliphatic heterocycles. The zero-order valence-electron chi connectivity index (χ0n) is 9.49. The second kappa shape index (κ2) is 4.67. The van der Waals surface area contributed by atoms with Crippen LogP contribution in [0.1, 0.15) is 15.2 Å². The molecule has 0 bridgehead atoms. The number of carbonyl (C=O) groups is 1. The third kappa shape index (κ3) is 2.36. The van der Waals surface area contributed by atoms with Crippen molar-refractivity contribution in [3.63, 3.8) is 0 Å². The fourth-order valence-corrected chi connectivity index (χ4v) is 2.69. The number of hydrogen-bond acceptors (Lipinski definition) is 3. The first kappa shape index (κ1) is 11.8. The fourth-order valence-electron chi connectivity index (χ4n) is 1.60. The molecule has 0 aliphatic rings. The van der Waals surface area contributed by atoms with Gasteiger partial charge in [0.05, 0.1) is 7.11 Å². The van der Waals surface area contributed by atoms with Crippen LogP contribution in [0.15, 0.2) is 30.3 Å². The smallest absolute Gasteiger partial charge is 0.348 e. The van der Waals surface area contributed by atoms with Crippen molar-refractivity contribution in [2.24, 2.45) is 0 Å². The van der Waals surface area contributed by atoms with E-state index in [4.69, 9.17) is 0 Å². The van der Waals surface area contributed by atoms with E-state index in [-0.39, 0.29) is 11.8 Å². The summed E-state index contributed by atoms with van der Waals surface area (Å²) < 4.78 is 17.8. The van der Waals surface area contributed by atoms with Crippen molar-refractivity contribution in [2.45, 2.75) is 6.92 Å². The Labute approximate surface area is 103 Å². The summed E-state index contributed by atoms with van der Waals surface area (Å²) in [5.74, 6) is -0.643. The molecule has 0 saturated heterocycles. The molecule has 0 saturated carbocycles. The molecule has 1 aromatic carbocycles. The topological polar surface area (TPSA) is 26.3 Å². The Kier molecular flexibility index (Phi) is 3.24. The summed E-state index contributed by atoms with van der Waals surface area (Å²) in [6.07, 6.45) is 0. The van der Waals surface area contributed by atoms with Gasteiger partial charge in [0.15, 0.2) is 0 Å². The Bertz CT molecular complexity index is 560. The number of esters is 1. The van der Waals surface area contributed by atoms with Crippen LogP contribution in [-0.2, 0) is 4.74 Å². The number of hydrogen-bond donors (Lipinski definition) is 0. The minimum absolute atomic E-state index is 0.282. The molecule has 1 aromatic heterocycles. The zero-order valence-corrected chi connectivity index (χ0v) is 10.3. The second-order valence-electron chi connectivity index (χ2n) is 3.62. The summed E-state index contributed by atoms with van der Waals surface area (Å²) in [4.78, 5) is 12.8. The first-order chi connectivity index (χ1) is 8.11. The van der Waals surface area contributed by atoms with Crippen LogP contribution in [0.4, 0.5) is 4.39 Å². The molecule has 17 heavy (non-hydrogen) atoms. The Hall–Kier alpha value is -1.68. The van der Waals surface area contributed by atoms with Gasteiger partial charge < -0.3 is 4.74 Å². The van der Waals surface area contributed by atoms with Crippen LogP contribution < -0.4 is 0 Å². The average Bonchev–Trinajstić information content (AvgIpc) is 2.70. The van der Waals surface area contributed by atoms with Crippen molar-refractivity contribution < 1.29 is 13.9 Å². The fraction of sp³-hybridized carbons (Fsp3) is 0.154. The number of benzene rings is 1. The largest absolute Gasteiger partial charge is 0.465 e.